The minimum atomic E-state index is 0. The van der Waals surface area contributed by atoms with Crippen molar-refractivity contribution in [1.29, 1.82) is 0 Å². The third-order valence-corrected chi connectivity index (χ3v) is 3.18. The van der Waals surface area contributed by atoms with E-state index in [0.717, 1.165) is 22.8 Å². The Bertz CT molecular complexity index is 707. The third-order valence-electron chi connectivity index (χ3n) is 3.18. The van der Waals surface area contributed by atoms with Gasteiger partial charge in [-0.3, -0.25) is 4.98 Å². The Hall–Kier alpha value is -2.03. The minimum Gasteiger partial charge on any atom is -0.494 e. The minimum absolute atomic E-state index is 0. The molecular weight excluding hydrogens is 431 g/mol. The van der Waals surface area contributed by atoms with Crippen molar-refractivity contribution in [1.82, 2.24) is 4.98 Å². The lowest BCUT2D eigenvalue weighted by atomic mass is 10.2. The Kier molecular flexibility index (Phi) is 9.04. The van der Waals surface area contributed by atoms with E-state index in [9.17, 15) is 0 Å². The maximum Gasteiger partial charge on any atom is 0.193 e. The summed E-state index contributed by atoms with van der Waals surface area (Å²) in [4.78, 5) is 8.73. The Morgan fingerprint density at radius 2 is 1.92 bits per heavy atom. The van der Waals surface area contributed by atoms with Gasteiger partial charge in [0.1, 0.15) is 11.5 Å². The van der Waals surface area contributed by atoms with Gasteiger partial charge in [0.05, 0.1) is 31.1 Å². The van der Waals surface area contributed by atoms with Crippen LogP contribution in [0, 0.1) is 6.92 Å². The van der Waals surface area contributed by atoms with Crippen LogP contribution < -0.4 is 20.5 Å². The van der Waals surface area contributed by atoms with E-state index in [1.165, 1.54) is 0 Å². The molecule has 1 heterocycles. The van der Waals surface area contributed by atoms with Crippen LogP contribution in [0.1, 0.15) is 25.2 Å². The summed E-state index contributed by atoms with van der Waals surface area (Å²) in [5.74, 6) is 1.75. The molecule has 0 unspecified atom stereocenters. The van der Waals surface area contributed by atoms with Crippen LogP contribution >= 0.6 is 24.0 Å². The summed E-state index contributed by atoms with van der Waals surface area (Å²) in [6.45, 7) is 7.39. The van der Waals surface area contributed by atoms with Crippen LogP contribution in [-0.4, -0.2) is 24.2 Å². The number of halogens is 1. The van der Waals surface area contributed by atoms with Gasteiger partial charge in [-0.15, -0.1) is 24.0 Å². The number of ether oxygens (including phenoxy) is 2. The first-order valence-corrected chi connectivity index (χ1v) is 8.01. The topological polar surface area (TPSA) is 81.8 Å². The molecule has 25 heavy (non-hydrogen) atoms. The highest BCUT2D eigenvalue weighted by molar-refractivity contribution is 14.0. The van der Waals surface area contributed by atoms with Crippen molar-refractivity contribution >= 4 is 35.6 Å². The van der Waals surface area contributed by atoms with Crippen molar-refractivity contribution in [3.05, 3.63) is 47.8 Å². The number of hydrogen-bond acceptors (Lipinski definition) is 4. The van der Waals surface area contributed by atoms with E-state index in [4.69, 9.17) is 15.2 Å². The average molecular weight is 456 g/mol. The fourth-order valence-corrected chi connectivity index (χ4v) is 2.18. The van der Waals surface area contributed by atoms with Crippen molar-refractivity contribution in [3.8, 4) is 11.5 Å². The molecule has 0 atom stereocenters. The number of benzene rings is 1. The number of hydrogen-bond donors (Lipinski definition) is 2. The Morgan fingerprint density at radius 1 is 1.16 bits per heavy atom. The molecule has 0 aliphatic carbocycles. The smallest absolute Gasteiger partial charge is 0.193 e. The molecule has 7 heteroatoms. The predicted octanol–water partition coefficient (Wildman–Crippen LogP) is 3.73. The predicted molar refractivity (Wildman–Crippen MR) is 112 cm³/mol. The van der Waals surface area contributed by atoms with Gasteiger partial charge in [-0.1, -0.05) is 6.07 Å². The van der Waals surface area contributed by atoms with Gasteiger partial charge in [-0.25, -0.2) is 4.99 Å². The van der Waals surface area contributed by atoms with Gasteiger partial charge in [0.25, 0.3) is 0 Å². The number of nitrogens with one attached hydrogen (secondary N) is 1. The fraction of sp³-hybridized carbons (Fsp3) is 0.333. The van der Waals surface area contributed by atoms with Crippen molar-refractivity contribution in [2.75, 3.05) is 18.5 Å². The van der Waals surface area contributed by atoms with Crippen molar-refractivity contribution < 1.29 is 9.47 Å². The van der Waals surface area contributed by atoms with E-state index in [0.29, 0.717) is 31.5 Å². The summed E-state index contributed by atoms with van der Waals surface area (Å²) in [6.07, 6.45) is 0. The number of pyridine rings is 1. The van der Waals surface area contributed by atoms with Crippen LogP contribution in [-0.2, 0) is 6.54 Å². The van der Waals surface area contributed by atoms with E-state index < -0.39 is 0 Å². The molecule has 1 aromatic heterocycles. The van der Waals surface area contributed by atoms with Gasteiger partial charge >= 0.3 is 0 Å². The van der Waals surface area contributed by atoms with Crippen LogP contribution in [0.3, 0.4) is 0 Å². The third kappa shape index (κ3) is 6.77. The van der Waals surface area contributed by atoms with E-state index in [-0.39, 0.29) is 24.0 Å². The van der Waals surface area contributed by atoms with Crippen LogP contribution in [0.4, 0.5) is 5.69 Å². The molecule has 2 aromatic rings. The molecule has 0 saturated heterocycles. The van der Waals surface area contributed by atoms with Gasteiger partial charge in [0.15, 0.2) is 5.96 Å². The molecule has 0 saturated carbocycles. The Morgan fingerprint density at radius 3 is 2.60 bits per heavy atom. The first-order valence-electron chi connectivity index (χ1n) is 8.01. The molecule has 3 N–H and O–H groups in total. The van der Waals surface area contributed by atoms with E-state index in [2.05, 4.69) is 15.3 Å². The zero-order chi connectivity index (χ0) is 17.4. The fourth-order valence-electron chi connectivity index (χ4n) is 2.18. The number of aryl methyl sites for hydroxylation is 1. The van der Waals surface area contributed by atoms with Crippen LogP contribution in [0.5, 0.6) is 11.5 Å². The lowest BCUT2D eigenvalue weighted by molar-refractivity contribution is 0.332. The highest BCUT2D eigenvalue weighted by Crippen LogP contribution is 2.29. The number of anilines is 1. The van der Waals surface area contributed by atoms with Gasteiger partial charge in [0.2, 0.25) is 0 Å². The van der Waals surface area contributed by atoms with Gasteiger partial charge in [0, 0.05) is 11.8 Å². The second-order valence-corrected chi connectivity index (χ2v) is 5.12. The first kappa shape index (κ1) is 21.0. The molecule has 0 aliphatic rings. The molecule has 0 spiro atoms. The zero-order valence-electron chi connectivity index (χ0n) is 14.8. The molecule has 0 aliphatic heterocycles. The number of guanidine groups is 1. The van der Waals surface area contributed by atoms with E-state index >= 15 is 0 Å². The number of aliphatic imine (C=N–C) groups is 1. The number of aromatic nitrogens is 1. The highest BCUT2D eigenvalue weighted by atomic mass is 127. The lowest BCUT2D eigenvalue weighted by Gasteiger charge is -2.14. The summed E-state index contributed by atoms with van der Waals surface area (Å²) in [5, 5.41) is 3.07. The van der Waals surface area contributed by atoms with Crippen LogP contribution in [0.2, 0.25) is 0 Å². The summed E-state index contributed by atoms with van der Waals surface area (Å²) < 4.78 is 11.1. The van der Waals surface area contributed by atoms with Crippen LogP contribution in [0.15, 0.2) is 41.4 Å². The molecule has 0 radical (unpaired) electrons. The number of nitrogens with zero attached hydrogens (tertiary/aromatic N) is 2. The average Bonchev–Trinajstić information content (AvgIpc) is 2.56. The SMILES string of the molecule is CCOc1ccc(OCC)c(NC(N)=NCc2cccc(C)n2)c1.I. The van der Waals surface area contributed by atoms with Crippen LogP contribution in [0.25, 0.3) is 0 Å². The summed E-state index contributed by atoms with van der Waals surface area (Å²) in [5.41, 5.74) is 8.54. The molecule has 0 amide bonds. The number of rotatable bonds is 7. The standard InChI is InChI=1S/C18H24N4O2.HI/c1-4-23-15-9-10-17(24-5-2)16(11-15)22-18(19)20-12-14-8-6-7-13(3)21-14;/h6-11H,4-5,12H2,1-3H3,(H3,19,20,22);1H. The molecule has 1 aromatic carbocycles. The quantitative estimate of drug-likeness (QED) is 0.377. The molecule has 0 bridgehead atoms. The monoisotopic (exact) mass is 456 g/mol. The first-order chi connectivity index (χ1) is 11.6. The largest absolute Gasteiger partial charge is 0.494 e. The molecule has 136 valence electrons. The lowest BCUT2D eigenvalue weighted by Crippen LogP contribution is -2.23. The molecule has 2 rings (SSSR count). The molecular formula is C18H25IN4O2. The summed E-state index contributed by atoms with van der Waals surface area (Å²) in [6, 6.07) is 11.4. The van der Waals surface area contributed by atoms with Gasteiger partial charge in [-0.2, -0.15) is 0 Å². The Balaban J connectivity index is 0.00000312. The highest BCUT2D eigenvalue weighted by Gasteiger charge is 2.07. The summed E-state index contributed by atoms with van der Waals surface area (Å²) >= 11 is 0. The maximum absolute atomic E-state index is 6.00. The summed E-state index contributed by atoms with van der Waals surface area (Å²) in [7, 11) is 0. The second kappa shape index (κ2) is 10.8. The molecule has 0 fully saturated rings. The van der Waals surface area contributed by atoms with E-state index in [1.807, 2.05) is 57.2 Å². The normalized spacial score (nSPS) is 10.8. The van der Waals surface area contributed by atoms with Gasteiger partial charge < -0.3 is 20.5 Å². The van der Waals surface area contributed by atoms with Crippen molar-refractivity contribution in [3.63, 3.8) is 0 Å². The second-order valence-electron chi connectivity index (χ2n) is 5.12. The van der Waals surface area contributed by atoms with Crippen molar-refractivity contribution in [2.45, 2.75) is 27.3 Å². The Labute approximate surface area is 165 Å². The zero-order valence-corrected chi connectivity index (χ0v) is 17.1. The van der Waals surface area contributed by atoms with Gasteiger partial charge in [-0.05, 0) is 45.0 Å². The maximum atomic E-state index is 6.00. The molecule has 6 nitrogen and oxygen atoms in total. The van der Waals surface area contributed by atoms with E-state index in [1.54, 1.807) is 0 Å². The number of nitrogens with two attached hydrogens (primary N) is 1. The van der Waals surface area contributed by atoms with Crippen molar-refractivity contribution in [2.24, 2.45) is 10.7 Å².